The lowest BCUT2D eigenvalue weighted by atomic mass is 9.90. The Kier molecular flexibility index (Phi) is 4.87. The number of hydrogen-bond donors (Lipinski definition) is 1. The fourth-order valence-electron chi connectivity index (χ4n) is 3.19. The van der Waals surface area contributed by atoms with Gasteiger partial charge in [-0.15, -0.1) is 0 Å². The number of aryl methyl sites for hydroxylation is 1. The smallest absolute Gasteiger partial charge is 0.227 e. The summed E-state index contributed by atoms with van der Waals surface area (Å²) in [4.78, 5) is 14.5. The minimum Gasteiger partial charge on any atom is -0.341 e. The van der Waals surface area contributed by atoms with E-state index in [1.807, 2.05) is 19.4 Å². The van der Waals surface area contributed by atoms with Crippen LogP contribution in [0.15, 0.2) is 30.6 Å². The molecule has 7 heteroatoms. The summed E-state index contributed by atoms with van der Waals surface area (Å²) in [5.74, 6) is -0.362. The minimum absolute atomic E-state index is 0.0502. The number of amides is 1. The number of carbonyl (C=O) groups excluding carboxylic acids is 1. The molecule has 0 unspecified atom stereocenters. The number of hydrogen-bond acceptors (Lipinski definition) is 3. The second-order valence-corrected chi connectivity index (χ2v) is 6.66. The Morgan fingerprint density at radius 1 is 1.50 bits per heavy atom. The lowest BCUT2D eigenvalue weighted by Gasteiger charge is -2.24. The SMILES string of the molecule is CN(Cc1ccc(F)cc1Cl)C(=O)[C@H]1CNC[C@@H]1c1cnn(C)c1. The van der Waals surface area contributed by atoms with Crippen molar-refractivity contribution in [1.82, 2.24) is 20.0 Å². The van der Waals surface area contributed by atoms with E-state index >= 15 is 0 Å². The molecule has 2 heterocycles. The van der Waals surface area contributed by atoms with Crippen LogP contribution in [0.4, 0.5) is 4.39 Å². The van der Waals surface area contributed by atoms with Gasteiger partial charge in [-0.3, -0.25) is 9.48 Å². The van der Waals surface area contributed by atoms with Gasteiger partial charge in [0.1, 0.15) is 5.82 Å². The van der Waals surface area contributed by atoms with Gasteiger partial charge in [0.25, 0.3) is 0 Å². The molecule has 1 aliphatic heterocycles. The van der Waals surface area contributed by atoms with Crippen LogP contribution in [0.1, 0.15) is 17.0 Å². The highest BCUT2D eigenvalue weighted by atomic mass is 35.5. The molecule has 5 nitrogen and oxygen atoms in total. The molecule has 2 aromatic rings. The number of carbonyl (C=O) groups is 1. The van der Waals surface area contributed by atoms with Crippen LogP contribution >= 0.6 is 11.6 Å². The first-order valence-corrected chi connectivity index (χ1v) is 8.21. The standard InChI is InChI=1S/C17H20ClFN4O/c1-22(9-11-3-4-13(19)5-16(11)18)17(24)15-8-20-7-14(15)12-6-21-23(2)10-12/h3-6,10,14-15,20H,7-9H2,1-2H3/t14-,15+/m1/s1. The van der Waals surface area contributed by atoms with Gasteiger partial charge in [-0.2, -0.15) is 5.10 Å². The average Bonchev–Trinajstić information content (AvgIpc) is 3.17. The molecule has 128 valence electrons. The Labute approximate surface area is 145 Å². The van der Waals surface area contributed by atoms with E-state index in [1.165, 1.54) is 12.1 Å². The van der Waals surface area contributed by atoms with E-state index in [9.17, 15) is 9.18 Å². The molecule has 0 spiro atoms. The van der Waals surface area contributed by atoms with Gasteiger partial charge >= 0.3 is 0 Å². The van der Waals surface area contributed by atoms with E-state index in [0.717, 1.165) is 17.7 Å². The summed E-state index contributed by atoms with van der Waals surface area (Å²) in [6.07, 6.45) is 3.77. The van der Waals surface area contributed by atoms with Crippen LogP contribution < -0.4 is 5.32 Å². The quantitative estimate of drug-likeness (QED) is 0.919. The van der Waals surface area contributed by atoms with Gasteiger partial charge in [0, 0.05) is 50.9 Å². The average molecular weight is 351 g/mol. The molecule has 1 N–H and O–H groups in total. The van der Waals surface area contributed by atoms with E-state index in [-0.39, 0.29) is 23.6 Å². The van der Waals surface area contributed by atoms with Gasteiger partial charge in [-0.25, -0.2) is 4.39 Å². The Balaban J connectivity index is 1.72. The summed E-state index contributed by atoms with van der Waals surface area (Å²) in [6, 6.07) is 4.24. The van der Waals surface area contributed by atoms with Crippen LogP contribution in [-0.2, 0) is 18.4 Å². The van der Waals surface area contributed by atoms with Gasteiger partial charge in [0.2, 0.25) is 5.91 Å². The second-order valence-electron chi connectivity index (χ2n) is 6.25. The maximum absolute atomic E-state index is 13.1. The van der Waals surface area contributed by atoms with Gasteiger partial charge in [-0.1, -0.05) is 17.7 Å². The molecule has 1 saturated heterocycles. The molecular weight excluding hydrogens is 331 g/mol. The summed E-state index contributed by atoms with van der Waals surface area (Å²) < 4.78 is 14.9. The van der Waals surface area contributed by atoms with Crippen molar-refractivity contribution in [2.45, 2.75) is 12.5 Å². The molecule has 2 atom stereocenters. The highest BCUT2D eigenvalue weighted by Gasteiger charge is 2.36. The number of aromatic nitrogens is 2. The zero-order valence-electron chi connectivity index (χ0n) is 13.7. The third kappa shape index (κ3) is 3.44. The van der Waals surface area contributed by atoms with Crippen molar-refractivity contribution in [3.8, 4) is 0 Å². The summed E-state index contributed by atoms with van der Waals surface area (Å²) in [6.45, 7) is 1.75. The van der Waals surface area contributed by atoms with E-state index in [4.69, 9.17) is 11.6 Å². The number of nitrogens with zero attached hydrogens (tertiary/aromatic N) is 3. The van der Waals surface area contributed by atoms with Crippen molar-refractivity contribution in [3.05, 3.63) is 52.6 Å². The molecule has 0 aliphatic carbocycles. The summed E-state index contributed by atoms with van der Waals surface area (Å²) in [7, 11) is 3.62. The van der Waals surface area contributed by atoms with E-state index in [2.05, 4.69) is 10.4 Å². The molecule has 1 aromatic carbocycles. The molecule has 1 fully saturated rings. The number of rotatable bonds is 4. The summed E-state index contributed by atoms with van der Waals surface area (Å²) in [5, 5.41) is 7.82. The monoisotopic (exact) mass is 350 g/mol. The largest absolute Gasteiger partial charge is 0.341 e. The zero-order chi connectivity index (χ0) is 17.3. The van der Waals surface area contributed by atoms with Crippen molar-refractivity contribution in [3.63, 3.8) is 0 Å². The number of halogens is 2. The van der Waals surface area contributed by atoms with Gasteiger partial charge in [0.15, 0.2) is 0 Å². The molecular formula is C17H20ClFN4O. The predicted octanol–water partition coefficient (Wildman–Crippen LogP) is 2.17. The van der Waals surface area contributed by atoms with Crippen LogP contribution in [0.5, 0.6) is 0 Å². The Morgan fingerprint density at radius 3 is 2.96 bits per heavy atom. The van der Waals surface area contributed by atoms with Gasteiger partial charge in [0.05, 0.1) is 12.1 Å². The molecule has 0 bridgehead atoms. The normalized spacial score (nSPS) is 20.3. The van der Waals surface area contributed by atoms with Crippen LogP contribution in [0.25, 0.3) is 0 Å². The maximum Gasteiger partial charge on any atom is 0.227 e. The topological polar surface area (TPSA) is 50.2 Å². The molecule has 0 saturated carbocycles. The van der Waals surface area contributed by atoms with E-state index in [1.54, 1.807) is 22.7 Å². The highest BCUT2D eigenvalue weighted by molar-refractivity contribution is 6.31. The molecule has 3 rings (SSSR count). The summed E-state index contributed by atoms with van der Waals surface area (Å²) >= 11 is 6.06. The number of nitrogens with one attached hydrogen (secondary N) is 1. The Morgan fingerprint density at radius 2 is 2.29 bits per heavy atom. The first-order chi connectivity index (χ1) is 11.5. The van der Waals surface area contributed by atoms with Crippen LogP contribution in [-0.4, -0.2) is 40.7 Å². The molecule has 24 heavy (non-hydrogen) atoms. The van der Waals surface area contributed by atoms with Crippen LogP contribution in [0.2, 0.25) is 5.02 Å². The van der Waals surface area contributed by atoms with Crippen molar-refractivity contribution in [2.75, 3.05) is 20.1 Å². The summed E-state index contributed by atoms with van der Waals surface area (Å²) in [5.41, 5.74) is 1.80. The zero-order valence-corrected chi connectivity index (χ0v) is 14.4. The molecule has 1 amide bonds. The van der Waals surface area contributed by atoms with E-state index < -0.39 is 0 Å². The van der Waals surface area contributed by atoms with E-state index in [0.29, 0.717) is 18.1 Å². The Bertz CT molecular complexity index is 748. The lowest BCUT2D eigenvalue weighted by molar-refractivity contribution is -0.134. The van der Waals surface area contributed by atoms with Crippen molar-refractivity contribution in [1.29, 1.82) is 0 Å². The lowest BCUT2D eigenvalue weighted by Crippen LogP contribution is -2.35. The molecule has 1 aliphatic rings. The molecule has 0 radical (unpaired) electrons. The third-order valence-electron chi connectivity index (χ3n) is 4.48. The van der Waals surface area contributed by atoms with Crippen LogP contribution in [0, 0.1) is 11.7 Å². The fraction of sp³-hybridized carbons (Fsp3) is 0.412. The molecule has 1 aromatic heterocycles. The predicted molar refractivity (Wildman–Crippen MR) is 90.2 cm³/mol. The minimum atomic E-state index is -0.380. The van der Waals surface area contributed by atoms with Gasteiger partial charge < -0.3 is 10.2 Å². The van der Waals surface area contributed by atoms with Crippen molar-refractivity contribution < 1.29 is 9.18 Å². The first-order valence-electron chi connectivity index (χ1n) is 7.84. The first kappa shape index (κ1) is 16.9. The Hall–Kier alpha value is -1.92. The van der Waals surface area contributed by atoms with Crippen LogP contribution in [0.3, 0.4) is 0 Å². The number of benzene rings is 1. The highest BCUT2D eigenvalue weighted by Crippen LogP contribution is 2.29. The third-order valence-corrected chi connectivity index (χ3v) is 4.84. The van der Waals surface area contributed by atoms with Crippen molar-refractivity contribution in [2.24, 2.45) is 13.0 Å². The maximum atomic E-state index is 13.1. The fourth-order valence-corrected chi connectivity index (χ4v) is 3.41. The van der Waals surface area contributed by atoms with Gasteiger partial charge in [-0.05, 0) is 23.3 Å². The van der Waals surface area contributed by atoms with Crippen molar-refractivity contribution >= 4 is 17.5 Å². The second kappa shape index (κ2) is 6.91.